The van der Waals surface area contributed by atoms with Gasteiger partial charge >= 0.3 is 0 Å². The zero-order valence-electron chi connectivity index (χ0n) is 5.17. The third-order valence-corrected chi connectivity index (χ3v) is 1.52. The molecule has 0 bridgehead atoms. The van der Waals surface area contributed by atoms with Crippen LogP contribution in [0.4, 0.5) is 18.9 Å². The minimum atomic E-state index is -1.35. The molecule has 1 rings (SSSR count). The molecular weight excluding hydrogens is 179 g/mol. The number of hydrogen-bond acceptors (Lipinski definition) is 1. The topological polar surface area (TPSA) is 26.0 Å². The van der Waals surface area contributed by atoms with Gasteiger partial charge in [-0.1, -0.05) is 11.6 Å². The van der Waals surface area contributed by atoms with E-state index in [4.69, 9.17) is 17.3 Å². The molecule has 0 unspecified atom stereocenters. The first-order chi connectivity index (χ1) is 5.04. The van der Waals surface area contributed by atoms with Crippen LogP contribution in [0.1, 0.15) is 0 Å². The molecule has 60 valence electrons. The first kappa shape index (κ1) is 8.20. The highest BCUT2D eigenvalue weighted by Crippen LogP contribution is 2.26. The first-order valence-electron chi connectivity index (χ1n) is 2.62. The van der Waals surface area contributed by atoms with Gasteiger partial charge in [0.15, 0.2) is 17.5 Å². The zero-order valence-corrected chi connectivity index (χ0v) is 5.92. The Morgan fingerprint density at radius 1 is 1.18 bits per heavy atom. The van der Waals surface area contributed by atoms with Crippen LogP contribution in [0.5, 0.6) is 0 Å². The summed E-state index contributed by atoms with van der Waals surface area (Å²) in [7, 11) is 0. The highest BCUT2D eigenvalue weighted by Gasteiger charge is 2.14. The van der Waals surface area contributed by atoms with Crippen LogP contribution in [0.2, 0.25) is 5.02 Å². The van der Waals surface area contributed by atoms with E-state index >= 15 is 0 Å². The predicted octanol–water partition coefficient (Wildman–Crippen LogP) is 2.34. The maximum atomic E-state index is 12.4. The lowest BCUT2D eigenvalue weighted by Gasteiger charge is -2.00. The van der Waals surface area contributed by atoms with Crippen molar-refractivity contribution in [3.05, 3.63) is 28.5 Å². The van der Waals surface area contributed by atoms with Crippen molar-refractivity contribution in [2.75, 3.05) is 5.73 Å². The van der Waals surface area contributed by atoms with Crippen LogP contribution in [-0.2, 0) is 0 Å². The van der Waals surface area contributed by atoms with Gasteiger partial charge in [0.1, 0.15) is 5.02 Å². The number of nitrogen functional groups attached to an aromatic ring is 1. The van der Waals surface area contributed by atoms with Crippen molar-refractivity contribution < 1.29 is 13.2 Å². The van der Waals surface area contributed by atoms with Crippen molar-refractivity contribution in [2.24, 2.45) is 0 Å². The number of halogens is 4. The summed E-state index contributed by atoms with van der Waals surface area (Å²) in [5.41, 5.74) is 4.36. The zero-order chi connectivity index (χ0) is 8.59. The van der Waals surface area contributed by atoms with E-state index in [1.807, 2.05) is 0 Å². The highest BCUT2D eigenvalue weighted by atomic mass is 35.5. The van der Waals surface area contributed by atoms with E-state index < -0.39 is 28.2 Å². The number of rotatable bonds is 0. The monoisotopic (exact) mass is 181 g/mol. The highest BCUT2D eigenvalue weighted by molar-refractivity contribution is 6.33. The second-order valence-corrected chi connectivity index (χ2v) is 2.26. The quantitative estimate of drug-likeness (QED) is 0.371. The number of anilines is 1. The molecule has 1 aromatic carbocycles. The fourth-order valence-corrected chi connectivity index (χ4v) is 0.761. The van der Waals surface area contributed by atoms with Gasteiger partial charge in [-0.2, -0.15) is 0 Å². The van der Waals surface area contributed by atoms with Crippen molar-refractivity contribution >= 4 is 17.3 Å². The number of nitrogens with two attached hydrogens (primary N) is 1. The molecule has 0 saturated carbocycles. The van der Waals surface area contributed by atoms with Gasteiger partial charge in [-0.25, -0.2) is 13.2 Å². The van der Waals surface area contributed by atoms with E-state index in [1.54, 1.807) is 0 Å². The van der Waals surface area contributed by atoms with Gasteiger partial charge in [-0.15, -0.1) is 0 Å². The van der Waals surface area contributed by atoms with Crippen molar-refractivity contribution in [3.8, 4) is 0 Å². The fourth-order valence-electron chi connectivity index (χ4n) is 0.580. The number of benzene rings is 1. The van der Waals surface area contributed by atoms with E-state index in [0.29, 0.717) is 6.07 Å². The summed E-state index contributed by atoms with van der Waals surface area (Å²) < 4.78 is 37.1. The minimum Gasteiger partial charge on any atom is -0.395 e. The Labute approximate surface area is 65.6 Å². The molecular formula is C6H3ClF3N. The molecule has 11 heavy (non-hydrogen) atoms. The lowest BCUT2D eigenvalue weighted by Crippen LogP contribution is -1.97. The molecule has 1 nitrogen and oxygen atoms in total. The van der Waals surface area contributed by atoms with Gasteiger partial charge in [-0.3, -0.25) is 0 Å². The molecule has 2 N–H and O–H groups in total. The van der Waals surface area contributed by atoms with Crippen LogP contribution in [-0.4, -0.2) is 0 Å². The summed E-state index contributed by atoms with van der Waals surface area (Å²) in [6, 6.07) is 0.344. The predicted molar refractivity (Wildman–Crippen MR) is 35.7 cm³/mol. The van der Waals surface area contributed by atoms with Crippen LogP contribution in [0.15, 0.2) is 6.07 Å². The van der Waals surface area contributed by atoms with E-state index in [-0.39, 0.29) is 0 Å². The molecule has 0 aliphatic rings. The summed E-state index contributed by atoms with van der Waals surface area (Å²) in [5, 5.41) is -0.720. The van der Waals surface area contributed by atoms with Crippen molar-refractivity contribution in [1.29, 1.82) is 0 Å². The molecule has 0 aliphatic heterocycles. The Bertz CT molecular complexity index is 274. The molecule has 0 fully saturated rings. The molecule has 5 heteroatoms. The average molecular weight is 182 g/mol. The third-order valence-electron chi connectivity index (χ3n) is 1.15. The van der Waals surface area contributed by atoms with Crippen molar-refractivity contribution in [2.45, 2.75) is 0 Å². The molecule has 0 saturated heterocycles. The van der Waals surface area contributed by atoms with Gasteiger partial charge in [0.05, 0.1) is 5.69 Å². The third kappa shape index (κ3) is 1.26. The van der Waals surface area contributed by atoms with Crippen LogP contribution in [0, 0.1) is 17.5 Å². The smallest absolute Gasteiger partial charge is 0.179 e. The summed E-state index contributed by atoms with van der Waals surface area (Å²) in [5.74, 6) is -3.74. The van der Waals surface area contributed by atoms with Crippen LogP contribution in [0.3, 0.4) is 0 Å². The molecule has 0 aromatic heterocycles. The largest absolute Gasteiger partial charge is 0.395 e. The lowest BCUT2D eigenvalue weighted by molar-refractivity contribution is 0.497. The van der Waals surface area contributed by atoms with E-state index in [1.165, 1.54) is 0 Å². The Morgan fingerprint density at radius 3 is 2.27 bits per heavy atom. The molecule has 0 amide bonds. The summed E-state index contributed by atoms with van der Waals surface area (Å²) >= 11 is 5.11. The summed E-state index contributed by atoms with van der Waals surface area (Å²) in [6.45, 7) is 0. The van der Waals surface area contributed by atoms with Gasteiger partial charge in [0, 0.05) is 6.07 Å². The van der Waals surface area contributed by atoms with E-state index in [2.05, 4.69) is 0 Å². The van der Waals surface area contributed by atoms with E-state index in [9.17, 15) is 13.2 Å². The van der Waals surface area contributed by atoms with Gasteiger partial charge < -0.3 is 5.73 Å². The molecule has 0 spiro atoms. The van der Waals surface area contributed by atoms with Gasteiger partial charge in [0.25, 0.3) is 0 Å². The van der Waals surface area contributed by atoms with Gasteiger partial charge in [0.2, 0.25) is 0 Å². The summed E-state index contributed by atoms with van der Waals surface area (Å²) in [4.78, 5) is 0. The Kier molecular flexibility index (Phi) is 1.95. The van der Waals surface area contributed by atoms with Crippen LogP contribution < -0.4 is 5.73 Å². The molecule has 1 aromatic rings. The molecule has 0 heterocycles. The van der Waals surface area contributed by atoms with Crippen molar-refractivity contribution in [1.82, 2.24) is 0 Å². The molecule has 0 aliphatic carbocycles. The SMILES string of the molecule is Nc1c(F)cc(F)c(F)c1Cl. The van der Waals surface area contributed by atoms with E-state index in [0.717, 1.165) is 0 Å². The normalized spacial score (nSPS) is 10.2. The second kappa shape index (κ2) is 2.62. The Balaban J connectivity index is 3.46. The average Bonchev–Trinajstić information content (AvgIpc) is 1.97. The van der Waals surface area contributed by atoms with Gasteiger partial charge in [-0.05, 0) is 0 Å². The van der Waals surface area contributed by atoms with Crippen LogP contribution >= 0.6 is 11.6 Å². The lowest BCUT2D eigenvalue weighted by atomic mass is 10.3. The molecule has 0 radical (unpaired) electrons. The van der Waals surface area contributed by atoms with Crippen molar-refractivity contribution in [3.63, 3.8) is 0 Å². The number of hydrogen-bond donors (Lipinski definition) is 1. The second-order valence-electron chi connectivity index (χ2n) is 1.88. The maximum Gasteiger partial charge on any atom is 0.179 e. The Morgan fingerprint density at radius 2 is 1.73 bits per heavy atom. The maximum absolute atomic E-state index is 12.4. The fraction of sp³-hybridized carbons (Fsp3) is 0. The Hall–Kier alpha value is -0.900. The summed E-state index contributed by atoms with van der Waals surface area (Å²) in [6.07, 6.45) is 0. The van der Waals surface area contributed by atoms with Crippen LogP contribution in [0.25, 0.3) is 0 Å². The standard InChI is InChI=1S/C6H3ClF3N/c7-4-5(10)2(8)1-3(9)6(4)11/h1H,11H2. The minimum absolute atomic E-state index is 0.344. The first-order valence-corrected chi connectivity index (χ1v) is 3.00. The molecule has 0 atom stereocenters.